The van der Waals surface area contributed by atoms with E-state index in [1.807, 2.05) is 0 Å². The second-order valence-corrected chi connectivity index (χ2v) is 3.82. The average molecular weight is 253 g/mol. The molecule has 0 fully saturated rings. The molecule has 0 aliphatic carbocycles. The van der Waals surface area contributed by atoms with Crippen LogP contribution in [0.3, 0.4) is 0 Å². The minimum absolute atomic E-state index is 0.0414. The molecule has 1 aromatic heterocycles. The summed E-state index contributed by atoms with van der Waals surface area (Å²) in [5.74, 6) is -3.22. The molecule has 0 saturated carbocycles. The van der Waals surface area contributed by atoms with Crippen molar-refractivity contribution in [2.45, 2.75) is 12.5 Å². The van der Waals surface area contributed by atoms with Crippen LogP contribution in [0.25, 0.3) is 0 Å². The van der Waals surface area contributed by atoms with E-state index in [0.717, 1.165) is 0 Å². The van der Waals surface area contributed by atoms with E-state index in [1.165, 1.54) is 6.20 Å². The van der Waals surface area contributed by atoms with E-state index in [1.54, 1.807) is 18.2 Å². The molecular formula is C13H10F3NO. The first-order valence-electron chi connectivity index (χ1n) is 5.30. The van der Waals surface area contributed by atoms with Crippen LogP contribution in [0, 0.1) is 17.5 Å². The molecule has 0 amide bonds. The number of aliphatic hydroxyl groups excluding tert-OH is 1. The Balaban J connectivity index is 2.27. The SMILES string of the molecule is OC(Cc1ccccn1)c1c(F)cc(F)cc1F. The van der Waals surface area contributed by atoms with Crippen molar-refractivity contribution < 1.29 is 18.3 Å². The van der Waals surface area contributed by atoms with Gasteiger partial charge >= 0.3 is 0 Å². The van der Waals surface area contributed by atoms with Gasteiger partial charge in [-0.25, -0.2) is 13.2 Å². The lowest BCUT2D eigenvalue weighted by Crippen LogP contribution is -2.08. The highest BCUT2D eigenvalue weighted by atomic mass is 19.1. The Morgan fingerprint density at radius 2 is 1.78 bits per heavy atom. The van der Waals surface area contributed by atoms with E-state index < -0.39 is 29.1 Å². The summed E-state index contributed by atoms with van der Waals surface area (Å²) in [4.78, 5) is 3.94. The number of hydrogen-bond acceptors (Lipinski definition) is 2. The molecule has 0 bridgehead atoms. The third-order valence-corrected chi connectivity index (χ3v) is 2.51. The zero-order valence-corrected chi connectivity index (χ0v) is 9.28. The molecule has 18 heavy (non-hydrogen) atoms. The quantitative estimate of drug-likeness (QED) is 0.912. The lowest BCUT2D eigenvalue weighted by Gasteiger charge is -2.12. The van der Waals surface area contributed by atoms with Crippen molar-refractivity contribution in [3.8, 4) is 0 Å². The monoisotopic (exact) mass is 253 g/mol. The van der Waals surface area contributed by atoms with Crippen molar-refractivity contribution in [3.63, 3.8) is 0 Å². The fourth-order valence-corrected chi connectivity index (χ4v) is 1.69. The molecule has 1 heterocycles. The van der Waals surface area contributed by atoms with Crippen LogP contribution < -0.4 is 0 Å². The topological polar surface area (TPSA) is 33.1 Å². The molecule has 2 rings (SSSR count). The molecule has 1 atom stereocenters. The predicted molar refractivity (Wildman–Crippen MR) is 59.2 cm³/mol. The van der Waals surface area contributed by atoms with E-state index in [9.17, 15) is 18.3 Å². The van der Waals surface area contributed by atoms with Crippen molar-refractivity contribution in [2.24, 2.45) is 0 Å². The van der Waals surface area contributed by atoms with E-state index in [4.69, 9.17) is 0 Å². The van der Waals surface area contributed by atoms with Gasteiger partial charge in [0.15, 0.2) is 0 Å². The highest BCUT2D eigenvalue weighted by molar-refractivity contribution is 5.24. The van der Waals surface area contributed by atoms with Crippen LogP contribution in [-0.2, 0) is 6.42 Å². The Morgan fingerprint density at radius 1 is 1.11 bits per heavy atom. The number of rotatable bonds is 3. The molecule has 2 aromatic rings. The van der Waals surface area contributed by atoms with Gasteiger partial charge in [-0.2, -0.15) is 0 Å². The minimum Gasteiger partial charge on any atom is -0.388 e. The standard InChI is InChI=1S/C13H10F3NO/c14-8-5-10(15)13(11(16)6-8)12(18)7-9-3-1-2-4-17-9/h1-6,12,18H,7H2. The summed E-state index contributed by atoms with van der Waals surface area (Å²) in [5.41, 5.74) is -0.0461. The van der Waals surface area contributed by atoms with Crippen LogP contribution in [0.1, 0.15) is 17.4 Å². The fourth-order valence-electron chi connectivity index (χ4n) is 1.69. The summed E-state index contributed by atoms with van der Waals surface area (Å²) in [5, 5.41) is 9.78. The number of halogens is 3. The van der Waals surface area contributed by atoms with Gasteiger partial charge in [-0.1, -0.05) is 6.07 Å². The molecule has 94 valence electrons. The molecule has 0 aliphatic heterocycles. The molecular weight excluding hydrogens is 243 g/mol. The number of aromatic nitrogens is 1. The molecule has 1 N–H and O–H groups in total. The van der Waals surface area contributed by atoms with Crippen LogP contribution in [0.15, 0.2) is 36.5 Å². The summed E-state index contributed by atoms with van der Waals surface area (Å²) >= 11 is 0. The van der Waals surface area contributed by atoms with Crippen LogP contribution in [0.2, 0.25) is 0 Å². The molecule has 0 radical (unpaired) electrons. The van der Waals surface area contributed by atoms with Gasteiger partial charge in [0.05, 0.1) is 11.7 Å². The van der Waals surface area contributed by atoms with Crippen LogP contribution in [-0.4, -0.2) is 10.1 Å². The summed E-state index contributed by atoms with van der Waals surface area (Å²) < 4.78 is 39.5. The van der Waals surface area contributed by atoms with Crippen molar-refractivity contribution in [1.29, 1.82) is 0 Å². The van der Waals surface area contributed by atoms with Crippen molar-refractivity contribution in [2.75, 3.05) is 0 Å². The van der Waals surface area contributed by atoms with Gasteiger partial charge in [-0.3, -0.25) is 4.98 Å². The second kappa shape index (κ2) is 5.18. The fraction of sp³-hybridized carbons (Fsp3) is 0.154. The predicted octanol–water partition coefficient (Wildman–Crippen LogP) is 2.78. The van der Waals surface area contributed by atoms with Gasteiger partial charge in [0.25, 0.3) is 0 Å². The highest BCUT2D eigenvalue weighted by Gasteiger charge is 2.20. The van der Waals surface area contributed by atoms with Crippen molar-refractivity contribution in [1.82, 2.24) is 4.98 Å². The third kappa shape index (κ3) is 2.68. The number of benzene rings is 1. The van der Waals surface area contributed by atoms with Gasteiger partial charge in [0.1, 0.15) is 17.5 Å². The molecule has 0 spiro atoms. The second-order valence-electron chi connectivity index (χ2n) is 3.82. The Hall–Kier alpha value is -1.88. The van der Waals surface area contributed by atoms with Gasteiger partial charge in [-0.05, 0) is 12.1 Å². The van der Waals surface area contributed by atoms with E-state index in [2.05, 4.69) is 4.98 Å². The molecule has 1 unspecified atom stereocenters. The molecule has 1 aromatic carbocycles. The maximum atomic E-state index is 13.4. The van der Waals surface area contributed by atoms with Crippen molar-refractivity contribution >= 4 is 0 Å². The van der Waals surface area contributed by atoms with Gasteiger partial charge < -0.3 is 5.11 Å². The van der Waals surface area contributed by atoms with Gasteiger partial charge in [-0.15, -0.1) is 0 Å². The minimum atomic E-state index is -1.40. The zero-order valence-electron chi connectivity index (χ0n) is 9.28. The first-order valence-corrected chi connectivity index (χ1v) is 5.30. The first-order chi connectivity index (χ1) is 8.58. The molecule has 0 aliphatic rings. The van der Waals surface area contributed by atoms with Crippen LogP contribution >= 0.6 is 0 Å². The smallest absolute Gasteiger partial charge is 0.134 e. The summed E-state index contributed by atoms with van der Waals surface area (Å²) in [6, 6.07) is 6.10. The molecule has 5 heteroatoms. The van der Waals surface area contributed by atoms with Gasteiger partial charge in [0.2, 0.25) is 0 Å². The largest absolute Gasteiger partial charge is 0.388 e. The first kappa shape index (κ1) is 12.6. The van der Waals surface area contributed by atoms with Crippen LogP contribution in [0.5, 0.6) is 0 Å². The maximum Gasteiger partial charge on any atom is 0.134 e. The Morgan fingerprint density at radius 3 is 2.33 bits per heavy atom. The molecule has 2 nitrogen and oxygen atoms in total. The van der Waals surface area contributed by atoms with Crippen LogP contribution in [0.4, 0.5) is 13.2 Å². The lowest BCUT2D eigenvalue weighted by atomic mass is 10.0. The van der Waals surface area contributed by atoms with Crippen molar-refractivity contribution in [3.05, 3.63) is 65.2 Å². The van der Waals surface area contributed by atoms with Gasteiger partial charge in [0, 0.05) is 30.4 Å². The Kier molecular flexibility index (Phi) is 3.62. The summed E-state index contributed by atoms with van der Waals surface area (Å²) in [6.45, 7) is 0. The van der Waals surface area contributed by atoms with E-state index in [-0.39, 0.29) is 6.42 Å². The third-order valence-electron chi connectivity index (χ3n) is 2.51. The number of aliphatic hydroxyl groups is 1. The Labute approximate surface area is 102 Å². The average Bonchev–Trinajstić information content (AvgIpc) is 2.28. The molecule has 0 saturated heterocycles. The van der Waals surface area contributed by atoms with E-state index in [0.29, 0.717) is 17.8 Å². The number of pyridine rings is 1. The normalized spacial score (nSPS) is 12.4. The highest BCUT2D eigenvalue weighted by Crippen LogP contribution is 2.24. The maximum absolute atomic E-state index is 13.4. The number of hydrogen-bond donors (Lipinski definition) is 1. The summed E-state index contributed by atoms with van der Waals surface area (Å²) in [7, 11) is 0. The van der Waals surface area contributed by atoms with E-state index >= 15 is 0 Å². The lowest BCUT2D eigenvalue weighted by molar-refractivity contribution is 0.167. The number of nitrogens with zero attached hydrogens (tertiary/aromatic N) is 1. The summed E-state index contributed by atoms with van der Waals surface area (Å²) in [6.07, 6.45) is 0.0697. The Bertz CT molecular complexity index is 522. The zero-order chi connectivity index (χ0) is 13.1.